The number of hydrogen-bond donors (Lipinski definition) is 2. The van der Waals surface area contributed by atoms with Gasteiger partial charge in [0.25, 0.3) is 11.6 Å². The van der Waals surface area contributed by atoms with E-state index in [1.54, 1.807) is 0 Å². The second-order valence-corrected chi connectivity index (χ2v) is 5.91. The van der Waals surface area contributed by atoms with Crippen molar-refractivity contribution in [1.29, 1.82) is 0 Å². The average Bonchev–Trinajstić information content (AvgIpc) is 2.42. The summed E-state index contributed by atoms with van der Waals surface area (Å²) >= 11 is 4.59. The molecular weight excluding hydrogens is 364 g/mol. The molecule has 0 radical (unpaired) electrons. The summed E-state index contributed by atoms with van der Waals surface area (Å²) in [5.74, 6) is -1.23. The number of rotatable bonds is 7. The number of carbonyl (C=O) groups is 2. The van der Waals surface area contributed by atoms with Crippen molar-refractivity contribution in [3.63, 3.8) is 0 Å². The molecule has 0 bridgehead atoms. The number of carboxylic acids is 1. The Labute approximate surface area is 133 Å². The van der Waals surface area contributed by atoms with Gasteiger partial charge in [-0.3, -0.25) is 14.9 Å². The highest BCUT2D eigenvalue weighted by Crippen LogP contribution is 2.22. The van der Waals surface area contributed by atoms with Gasteiger partial charge in [-0.2, -0.15) is 11.8 Å². The molecule has 0 saturated heterocycles. The van der Waals surface area contributed by atoms with Crippen LogP contribution in [0.25, 0.3) is 0 Å². The van der Waals surface area contributed by atoms with Crippen LogP contribution < -0.4 is 5.32 Å². The molecule has 0 aliphatic carbocycles. The summed E-state index contributed by atoms with van der Waals surface area (Å²) in [6.45, 7) is 0. The second kappa shape index (κ2) is 7.99. The molecule has 0 heterocycles. The van der Waals surface area contributed by atoms with Gasteiger partial charge >= 0.3 is 5.97 Å². The van der Waals surface area contributed by atoms with Crippen LogP contribution in [0.1, 0.15) is 16.8 Å². The maximum absolute atomic E-state index is 12.1. The van der Waals surface area contributed by atoms with Gasteiger partial charge < -0.3 is 10.4 Å². The number of nitrogens with zero attached hydrogens (tertiary/aromatic N) is 1. The first kappa shape index (κ1) is 17.4. The Kier molecular flexibility index (Phi) is 6.63. The highest BCUT2D eigenvalue weighted by molar-refractivity contribution is 9.10. The maximum atomic E-state index is 12.1. The lowest BCUT2D eigenvalue weighted by atomic mass is 10.1. The number of nitro benzene ring substituents is 1. The van der Waals surface area contributed by atoms with Gasteiger partial charge in [0.1, 0.15) is 6.04 Å². The topological polar surface area (TPSA) is 110 Å². The number of nitro groups is 1. The molecule has 114 valence electrons. The minimum absolute atomic E-state index is 0.0274. The third kappa shape index (κ3) is 5.01. The van der Waals surface area contributed by atoms with E-state index >= 15 is 0 Å². The summed E-state index contributed by atoms with van der Waals surface area (Å²) in [4.78, 5) is 33.3. The molecule has 1 aromatic carbocycles. The first-order valence-electron chi connectivity index (χ1n) is 5.83. The fourth-order valence-corrected chi connectivity index (χ4v) is 2.43. The Hall–Kier alpha value is -1.61. The molecule has 0 saturated carbocycles. The van der Waals surface area contributed by atoms with E-state index in [9.17, 15) is 19.7 Å². The molecule has 0 aromatic heterocycles. The van der Waals surface area contributed by atoms with Crippen molar-refractivity contribution in [3.8, 4) is 0 Å². The van der Waals surface area contributed by atoms with Crippen molar-refractivity contribution in [2.45, 2.75) is 12.5 Å². The molecule has 0 fully saturated rings. The number of carbonyl (C=O) groups excluding carboxylic acids is 1. The smallest absolute Gasteiger partial charge is 0.326 e. The number of thioether (sulfide) groups is 1. The molecule has 0 aliphatic heterocycles. The van der Waals surface area contributed by atoms with Crippen LogP contribution in [0.2, 0.25) is 0 Å². The molecule has 0 unspecified atom stereocenters. The largest absolute Gasteiger partial charge is 0.480 e. The Balaban J connectivity index is 2.94. The van der Waals surface area contributed by atoms with E-state index in [-0.39, 0.29) is 17.7 Å². The number of aliphatic carboxylic acids is 1. The predicted octanol–water partition coefficient (Wildman–Crippen LogP) is 2.29. The standard InChI is InChI=1S/C12H13BrN2O5S/c1-21-5-4-10(12(17)18)14-11(16)8-6-7(15(19)20)2-3-9(8)13/h2-3,6,10H,4-5H2,1H3,(H,14,16)(H,17,18)/t10-/m0/s1. The number of benzene rings is 1. The SMILES string of the molecule is CSCC[C@H](NC(=O)c1cc([N+](=O)[O-])ccc1Br)C(=O)O. The van der Waals surface area contributed by atoms with Crippen LogP contribution >= 0.6 is 27.7 Å². The Morgan fingerprint density at radius 3 is 2.71 bits per heavy atom. The summed E-state index contributed by atoms with van der Waals surface area (Å²) < 4.78 is 0.361. The monoisotopic (exact) mass is 376 g/mol. The van der Waals surface area contributed by atoms with Crippen LogP contribution in [-0.4, -0.2) is 40.0 Å². The molecule has 21 heavy (non-hydrogen) atoms. The highest BCUT2D eigenvalue weighted by Gasteiger charge is 2.22. The van der Waals surface area contributed by atoms with E-state index in [0.29, 0.717) is 10.2 Å². The van der Waals surface area contributed by atoms with E-state index < -0.39 is 22.8 Å². The number of hydrogen-bond acceptors (Lipinski definition) is 5. The van der Waals surface area contributed by atoms with Crippen molar-refractivity contribution < 1.29 is 19.6 Å². The van der Waals surface area contributed by atoms with Gasteiger partial charge in [0.15, 0.2) is 0 Å². The van der Waals surface area contributed by atoms with Crippen LogP contribution in [-0.2, 0) is 4.79 Å². The van der Waals surface area contributed by atoms with Gasteiger partial charge in [0.2, 0.25) is 0 Å². The molecule has 1 atom stereocenters. The summed E-state index contributed by atoms with van der Waals surface area (Å²) in [6.07, 6.45) is 2.10. The van der Waals surface area contributed by atoms with Crippen LogP contribution in [0.4, 0.5) is 5.69 Å². The zero-order valence-electron chi connectivity index (χ0n) is 11.0. The predicted molar refractivity (Wildman–Crippen MR) is 82.7 cm³/mol. The van der Waals surface area contributed by atoms with E-state index in [1.165, 1.54) is 23.9 Å². The maximum Gasteiger partial charge on any atom is 0.326 e. The number of amides is 1. The molecular formula is C12H13BrN2O5S. The molecule has 0 aliphatic rings. The molecule has 9 heteroatoms. The number of non-ortho nitro benzene ring substituents is 1. The Bertz CT molecular complexity index is 567. The summed E-state index contributed by atoms with van der Waals surface area (Å²) in [5, 5.41) is 22.2. The van der Waals surface area contributed by atoms with Crippen molar-refractivity contribution >= 4 is 45.3 Å². The van der Waals surface area contributed by atoms with Crippen LogP contribution in [0.15, 0.2) is 22.7 Å². The lowest BCUT2D eigenvalue weighted by Gasteiger charge is -2.14. The number of carboxylic acid groups (broad SMARTS) is 1. The van der Waals surface area contributed by atoms with Crippen LogP contribution in [0.5, 0.6) is 0 Å². The third-order valence-corrected chi connectivity index (χ3v) is 3.95. The Morgan fingerprint density at radius 1 is 1.52 bits per heavy atom. The van der Waals surface area contributed by atoms with E-state index in [1.807, 2.05) is 6.26 Å². The third-order valence-electron chi connectivity index (χ3n) is 2.62. The molecule has 1 rings (SSSR count). The highest BCUT2D eigenvalue weighted by atomic mass is 79.9. The van der Waals surface area contributed by atoms with Crippen molar-refractivity contribution in [1.82, 2.24) is 5.32 Å². The number of halogens is 1. The number of nitrogens with one attached hydrogen (secondary N) is 1. The van der Waals surface area contributed by atoms with Crippen molar-refractivity contribution in [3.05, 3.63) is 38.3 Å². The van der Waals surface area contributed by atoms with E-state index in [2.05, 4.69) is 21.2 Å². The summed E-state index contributed by atoms with van der Waals surface area (Å²) in [7, 11) is 0. The Morgan fingerprint density at radius 2 is 2.19 bits per heavy atom. The van der Waals surface area contributed by atoms with Gasteiger partial charge in [-0.1, -0.05) is 0 Å². The fraction of sp³-hybridized carbons (Fsp3) is 0.333. The quantitative estimate of drug-likeness (QED) is 0.557. The lowest BCUT2D eigenvalue weighted by molar-refractivity contribution is -0.384. The van der Waals surface area contributed by atoms with Gasteiger partial charge in [0, 0.05) is 16.6 Å². The van der Waals surface area contributed by atoms with Crippen LogP contribution in [0, 0.1) is 10.1 Å². The van der Waals surface area contributed by atoms with Crippen LogP contribution in [0.3, 0.4) is 0 Å². The molecule has 7 nitrogen and oxygen atoms in total. The first-order chi connectivity index (χ1) is 9.86. The molecule has 0 spiro atoms. The minimum Gasteiger partial charge on any atom is -0.480 e. The normalized spacial score (nSPS) is 11.7. The minimum atomic E-state index is -1.14. The van der Waals surface area contributed by atoms with Gasteiger partial charge in [-0.05, 0) is 40.4 Å². The van der Waals surface area contributed by atoms with Crippen molar-refractivity contribution in [2.24, 2.45) is 0 Å². The van der Waals surface area contributed by atoms with Gasteiger partial charge in [-0.25, -0.2) is 4.79 Å². The van der Waals surface area contributed by atoms with Gasteiger partial charge in [0.05, 0.1) is 10.5 Å². The van der Waals surface area contributed by atoms with E-state index in [4.69, 9.17) is 5.11 Å². The lowest BCUT2D eigenvalue weighted by Crippen LogP contribution is -2.41. The van der Waals surface area contributed by atoms with E-state index in [0.717, 1.165) is 6.07 Å². The van der Waals surface area contributed by atoms with Gasteiger partial charge in [-0.15, -0.1) is 0 Å². The molecule has 1 aromatic rings. The average molecular weight is 377 g/mol. The summed E-state index contributed by atoms with van der Waals surface area (Å²) in [6, 6.07) is 2.71. The fourth-order valence-electron chi connectivity index (χ4n) is 1.53. The summed E-state index contributed by atoms with van der Waals surface area (Å²) in [5.41, 5.74) is -0.209. The van der Waals surface area contributed by atoms with Crippen molar-refractivity contribution in [2.75, 3.05) is 12.0 Å². The molecule has 1 amide bonds. The zero-order valence-corrected chi connectivity index (χ0v) is 13.4. The first-order valence-corrected chi connectivity index (χ1v) is 8.02. The molecule has 2 N–H and O–H groups in total. The second-order valence-electron chi connectivity index (χ2n) is 4.07. The zero-order chi connectivity index (χ0) is 16.0.